The van der Waals surface area contributed by atoms with Crippen LogP contribution in [0.5, 0.6) is 0 Å². The molecule has 3 aromatic rings. The molecule has 0 bridgehead atoms. The number of halogens is 2. The molecular formula is C29H32F2. The minimum atomic E-state index is -0.801. The van der Waals surface area contributed by atoms with Crippen LogP contribution in [-0.4, -0.2) is 0 Å². The quantitative estimate of drug-likeness (QED) is 0.360. The normalized spacial score (nSPS) is 19.8. The van der Waals surface area contributed by atoms with E-state index in [2.05, 4.69) is 49.4 Å². The summed E-state index contributed by atoms with van der Waals surface area (Å²) in [6.45, 7) is 2.37. The second kappa shape index (κ2) is 10.2. The third-order valence-electron chi connectivity index (χ3n) is 7.07. The SMILES string of the molecule is C[C@H](CC1CCC(CCc2ccc(-c3ccc(F)c(F)c3)cc2)CC1)c1ccccc1. The lowest BCUT2D eigenvalue weighted by molar-refractivity contribution is 0.245. The first kappa shape index (κ1) is 21.7. The van der Waals surface area contributed by atoms with Gasteiger partial charge in [0.05, 0.1) is 0 Å². The molecule has 1 aliphatic carbocycles. The maximum Gasteiger partial charge on any atom is 0.159 e. The fourth-order valence-electron chi connectivity index (χ4n) is 5.08. The molecule has 0 N–H and O–H groups in total. The van der Waals surface area contributed by atoms with Crippen molar-refractivity contribution >= 4 is 0 Å². The highest BCUT2D eigenvalue weighted by Crippen LogP contribution is 2.37. The molecule has 0 spiro atoms. The van der Waals surface area contributed by atoms with Crippen LogP contribution in [-0.2, 0) is 6.42 Å². The van der Waals surface area contributed by atoms with E-state index in [-0.39, 0.29) is 0 Å². The monoisotopic (exact) mass is 418 g/mol. The van der Waals surface area contributed by atoms with Crippen molar-refractivity contribution in [3.8, 4) is 11.1 Å². The largest absolute Gasteiger partial charge is 0.204 e. The Morgan fingerprint density at radius 2 is 1.39 bits per heavy atom. The van der Waals surface area contributed by atoms with Gasteiger partial charge in [-0.15, -0.1) is 0 Å². The number of hydrogen-bond donors (Lipinski definition) is 0. The number of hydrogen-bond acceptors (Lipinski definition) is 0. The van der Waals surface area contributed by atoms with Crippen molar-refractivity contribution in [1.29, 1.82) is 0 Å². The lowest BCUT2D eigenvalue weighted by atomic mass is 9.75. The summed E-state index contributed by atoms with van der Waals surface area (Å²) in [5.74, 6) is 0.742. The van der Waals surface area contributed by atoms with E-state index in [1.807, 2.05) is 12.1 Å². The Kier molecular flexibility index (Phi) is 7.17. The maximum atomic E-state index is 13.5. The van der Waals surface area contributed by atoms with Crippen molar-refractivity contribution in [1.82, 2.24) is 0 Å². The van der Waals surface area contributed by atoms with Crippen LogP contribution in [0.4, 0.5) is 8.78 Å². The molecule has 1 saturated carbocycles. The van der Waals surface area contributed by atoms with Crippen LogP contribution >= 0.6 is 0 Å². The lowest BCUT2D eigenvalue weighted by Crippen LogP contribution is -2.16. The van der Waals surface area contributed by atoms with Gasteiger partial charge in [-0.3, -0.25) is 0 Å². The predicted molar refractivity (Wildman–Crippen MR) is 125 cm³/mol. The summed E-state index contributed by atoms with van der Waals surface area (Å²) in [4.78, 5) is 0. The molecule has 4 rings (SSSR count). The summed E-state index contributed by atoms with van der Waals surface area (Å²) in [5.41, 5.74) is 4.44. The van der Waals surface area contributed by atoms with E-state index in [1.165, 1.54) is 61.8 Å². The second-order valence-corrected chi connectivity index (χ2v) is 9.30. The zero-order valence-corrected chi connectivity index (χ0v) is 18.4. The van der Waals surface area contributed by atoms with Crippen molar-refractivity contribution in [2.45, 2.75) is 57.8 Å². The van der Waals surface area contributed by atoms with Gasteiger partial charge in [0.25, 0.3) is 0 Å². The van der Waals surface area contributed by atoms with Gasteiger partial charge in [-0.1, -0.05) is 93.3 Å². The van der Waals surface area contributed by atoms with E-state index in [1.54, 1.807) is 6.07 Å². The standard InChI is InChI=1S/C29H32F2/c1-21(25-5-3-2-4-6-25)19-24-11-9-22(10-12-24)7-8-23-13-15-26(16-14-23)27-17-18-28(30)29(31)20-27/h2-6,13-18,20-22,24H,7-12,19H2,1H3/t21-,22?,24?/m1/s1. The van der Waals surface area contributed by atoms with Crippen LogP contribution in [0, 0.1) is 23.5 Å². The summed E-state index contributed by atoms with van der Waals surface area (Å²) >= 11 is 0. The molecule has 0 unspecified atom stereocenters. The zero-order chi connectivity index (χ0) is 21.6. The van der Waals surface area contributed by atoms with Gasteiger partial charge < -0.3 is 0 Å². The van der Waals surface area contributed by atoms with E-state index < -0.39 is 11.6 Å². The molecule has 1 fully saturated rings. The smallest absolute Gasteiger partial charge is 0.159 e. The Morgan fingerprint density at radius 1 is 0.742 bits per heavy atom. The molecule has 0 saturated heterocycles. The number of benzene rings is 3. The van der Waals surface area contributed by atoms with E-state index in [4.69, 9.17) is 0 Å². The highest BCUT2D eigenvalue weighted by molar-refractivity contribution is 5.63. The molecule has 1 atom stereocenters. The molecule has 3 aromatic carbocycles. The Bertz CT molecular complexity index is 954. The molecular weight excluding hydrogens is 386 g/mol. The fourth-order valence-corrected chi connectivity index (χ4v) is 5.08. The molecule has 0 amide bonds. The molecule has 31 heavy (non-hydrogen) atoms. The number of rotatable bonds is 7. The first-order valence-corrected chi connectivity index (χ1v) is 11.7. The first-order valence-electron chi connectivity index (χ1n) is 11.7. The van der Waals surface area contributed by atoms with Crippen LogP contribution < -0.4 is 0 Å². The van der Waals surface area contributed by atoms with Gasteiger partial charge in [-0.2, -0.15) is 0 Å². The summed E-state index contributed by atoms with van der Waals surface area (Å²) in [6.07, 6.45) is 9.05. The van der Waals surface area contributed by atoms with Gasteiger partial charge in [0.1, 0.15) is 0 Å². The van der Waals surface area contributed by atoms with E-state index in [0.29, 0.717) is 11.5 Å². The van der Waals surface area contributed by atoms with Crippen molar-refractivity contribution in [2.75, 3.05) is 0 Å². The molecule has 0 aliphatic heterocycles. The minimum Gasteiger partial charge on any atom is -0.204 e. The molecule has 0 heterocycles. The molecule has 0 radical (unpaired) electrons. The van der Waals surface area contributed by atoms with Crippen LogP contribution in [0.3, 0.4) is 0 Å². The molecule has 0 aromatic heterocycles. The Labute approximate surface area is 185 Å². The molecule has 1 aliphatic rings. The predicted octanol–water partition coefficient (Wildman–Crippen LogP) is 8.56. The summed E-state index contributed by atoms with van der Waals surface area (Å²) in [5, 5.41) is 0. The minimum absolute atomic E-state index is 0.649. The van der Waals surface area contributed by atoms with Crippen LogP contribution in [0.2, 0.25) is 0 Å². The molecule has 2 heteroatoms. The summed E-state index contributed by atoms with van der Waals surface area (Å²) in [6, 6.07) is 23.3. The van der Waals surface area contributed by atoms with Crippen molar-refractivity contribution in [3.63, 3.8) is 0 Å². The Balaban J connectivity index is 1.23. The molecule has 0 nitrogen and oxygen atoms in total. The highest BCUT2D eigenvalue weighted by Gasteiger charge is 2.23. The van der Waals surface area contributed by atoms with Gasteiger partial charge in [0.15, 0.2) is 11.6 Å². The van der Waals surface area contributed by atoms with Crippen LogP contribution in [0.15, 0.2) is 72.8 Å². The van der Waals surface area contributed by atoms with E-state index in [0.717, 1.165) is 23.8 Å². The average molecular weight is 419 g/mol. The fraction of sp³-hybridized carbons (Fsp3) is 0.379. The van der Waals surface area contributed by atoms with Crippen molar-refractivity contribution in [2.24, 2.45) is 11.8 Å². The number of aryl methyl sites for hydroxylation is 1. The third-order valence-corrected chi connectivity index (χ3v) is 7.07. The van der Waals surface area contributed by atoms with Gasteiger partial charge in [-0.25, -0.2) is 8.78 Å². The lowest BCUT2D eigenvalue weighted by Gasteiger charge is -2.30. The van der Waals surface area contributed by atoms with Gasteiger partial charge >= 0.3 is 0 Å². The summed E-state index contributed by atoms with van der Waals surface area (Å²) in [7, 11) is 0. The van der Waals surface area contributed by atoms with Crippen molar-refractivity contribution < 1.29 is 8.78 Å². The van der Waals surface area contributed by atoms with E-state index >= 15 is 0 Å². The van der Waals surface area contributed by atoms with Gasteiger partial charge in [0.2, 0.25) is 0 Å². The first-order chi connectivity index (χ1) is 15.1. The van der Waals surface area contributed by atoms with Gasteiger partial charge in [0, 0.05) is 0 Å². The zero-order valence-electron chi connectivity index (χ0n) is 18.4. The Hall–Kier alpha value is -2.48. The third kappa shape index (κ3) is 5.81. The Morgan fingerprint density at radius 3 is 2.06 bits per heavy atom. The highest BCUT2D eigenvalue weighted by atomic mass is 19.2. The van der Waals surface area contributed by atoms with Crippen molar-refractivity contribution in [3.05, 3.63) is 95.6 Å². The summed E-state index contributed by atoms with van der Waals surface area (Å²) < 4.78 is 26.6. The second-order valence-electron chi connectivity index (χ2n) is 9.30. The van der Waals surface area contributed by atoms with Crippen LogP contribution in [0.1, 0.15) is 62.5 Å². The van der Waals surface area contributed by atoms with Gasteiger partial charge in [-0.05, 0) is 71.4 Å². The topological polar surface area (TPSA) is 0 Å². The average Bonchev–Trinajstić information content (AvgIpc) is 2.81. The van der Waals surface area contributed by atoms with Crippen LogP contribution in [0.25, 0.3) is 11.1 Å². The molecule has 162 valence electrons. The maximum absolute atomic E-state index is 13.5. The van der Waals surface area contributed by atoms with E-state index in [9.17, 15) is 8.78 Å².